The molecule has 0 saturated carbocycles. The second-order valence-electron chi connectivity index (χ2n) is 7.18. The standard InChI is InChI=1S/C19H15F6N5O/c1-9-6-14-15(11-3-2-10(18(20,21)22)7-12(11)19(23,24)25)28-29-17(30(14)8-9)27-13-4-5-26-16(13)31/h2-3,6-8,13H,4-5H2,1H3,(H,26,31)(H,27,29). The highest BCUT2D eigenvalue weighted by atomic mass is 19.4. The van der Waals surface area contributed by atoms with Gasteiger partial charge in [0.1, 0.15) is 11.7 Å². The number of alkyl halides is 6. The summed E-state index contributed by atoms with van der Waals surface area (Å²) in [4.78, 5) is 11.8. The molecule has 1 atom stereocenters. The molecule has 0 radical (unpaired) electrons. The molecule has 0 spiro atoms. The maximum absolute atomic E-state index is 13.6. The topological polar surface area (TPSA) is 71.3 Å². The minimum Gasteiger partial charge on any atom is -0.354 e. The maximum Gasteiger partial charge on any atom is 0.417 e. The molecule has 1 aliphatic heterocycles. The smallest absolute Gasteiger partial charge is 0.354 e. The van der Waals surface area contributed by atoms with Gasteiger partial charge >= 0.3 is 12.4 Å². The van der Waals surface area contributed by atoms with Crippen LogP contribution in [0.2, 0.25) is 0 Å². The predicted octanol–water partition coefficient (Wildman–Crippen LogP) is 4.04. The van der Waals surface area contributed by atoms with Crippen molar-refractivity contribution < 1.29 is 31.1 Å². The van der Waals surface area contributed by atoms with Gasteiger partial charge in [0, 0.05) is 18.3 Å². The molecule has 1 fully saturated rings. The van der Waals surface area contributed by atoms with E-state index in [0.717, 1.165) is 6.07 Å². The number of halogens is 6. The first kappa shape index (κ1) is 20.9. The van der Waals surface area contributed by atoms with Crippen molar-refractivity contribution >= 4 is 17.4 Å². The average Bonchev–Trinajstić information content (AvgIpc) is 3.25. The Morgan fingerprint density at radius 2 is 1.84 bits per heavy atom. The highest BCUT2D eigenvalue weighted by molar-refractivity contribution is 5.86. The van der Waals surface area contributed by atoms with Gasteiger partial charge in [0.25, 0.3) is 0 Å². The Labute approximate surface area is 171 Å². The van der Waals surface area contributed by atoms with Gasteiger partial charge in [-0.3, -0.25) is 9.20 Å². The van der Waals surface area contributed by atoms with Crippen LogP contribution in [0.25, 0.3) is 16.8 Å². The molecule has 0 aliphatic carbocycles. The number of benzene rings is 1. The van der Waals surface area contributed by atoms with Crippen molar-refractivity contribution in [1.82, 2.24) is 19.9 Å². The van der Waals surface area contributed by atoms with Gasteiger partial charge in [0.15, 0.2) is 0 Å². The normalized spacial score (nSPS) is 17.3. The van der Waals surface area contributed by atoms with Crippen LogP contribution in [-0.4, -0.2) is 33.1 Å². The van der Waals surface area contributed by atoms with Crippen molar-refractivity contribution in [2.24, 2.45) is 0 Å². The first-order valence-electron chi connectivity index (χ1n) is 9.13. The van der Waals surface area contributed by atoms with E-state index < -0.39 is 35.1 Å². The van der Waals surface area contributed by atoms with Crippen LogP contribution >= 0.6 is 0 Å². The largest absolute Gasteiger partial charge is 0.417 e. The molecule has 2 aromatic heterocycles. The van der Waals surface area contributed by atoms with Crippen molar-refractivity contribution in [2.75, 3.05) is 11.9 Å². The molecule has 12 heteroatoms. The molecule has 4 rings (SSSR count). The van der Waals surface area contributed by atoms with Crippen LogP contribution in [0.5, 0.6) is 0 Å². The van der Waals surface area contributed by atoms with E-state index in [1.54, 1.807) is 19.2 Å². The van der Waals surface area contributed by atoms with E-state index >= 15 is 0 Å². The molecular formula is C19H15F6N5O. The third-order valence-electron chi connectivity index (χ3n) is 4.93. The molecule has 1 aliphatic rings. The van der Waals surface area contributed by atoms with Crippen molar-refractivity contribution in [3.8, 4) is 11.3 Å². The number of fused-ring (bicyclic) bond motifs is 1. The molecule has 1 unspecified atom stereocenters. The molecule has 6 nitrogen and oxygen atoms in total. The van der Waals surface area contributed by atoms with E-state index in [9.17, 15) is 31.1 Å². The summed E-state index contributed by atoms with van der Waals surface area (Å²) in [6.45, 7) is 2.16. The quantitative estimate of drug-likeness (QED) is 0.600. The fourth-order valence-electron chi connectivity index (χ4n) is 3.49. The van der Waals surface area contributed by atoms with Gasteiger partial charge in [-0.2, -0.15) is 26.3 Å². The molecule has 1 aromatic carbocycles. The zero-order valence-corrected chi connectivity index (χ0v) is 15.9. The van der Waals surface area contributed by atoms with Crippen molar-refractivity contribution in [3.63, 3.8) is 0 Å². The lowest BCUT2D eigenvalue weighted by molar-refractivity contribution is -0.142. The molecular weight excluding hydrogens is 428 g/mol. The van der Waals surface area contributed by atoms with Crippen LogP contribution in [0.3, 0.4) is 0 Å². The summed E-state index contributed by atoms with van der Waals surface area (Å²) < 4.78 is 81.2. The van der Waals surface area contributed by atoms with Gasteiger partial charge in [-0.15, -0.1) is 10.2 Å². The Kier molecular flexibility index (Phi) is 4.82. The minimum absolute atomic E-state index is 0.0678. The molecule has 0 bridgehead atoms. The van der Waals surface area contributed by atoms with E-state index in [1.807, 2.05) is 0 Å². The predicted molar refractivity (Wildman–Crippen MR) is 98.2 cm³/mol. The number of rotatable bonds is 3. The van der Waals surface area contributed by atoms with E-state index in [-0.39, 0.29) is 29.1 Å². The highest BCUT2D eigenvalue weighted by Gasteiger charge is 2.39. The second-order valence-corrected chi connectivity index (χ2v) is 7.18. The lowest BCUT2D eigenvalue weighted by Gasteiger charge is -2.17. The van der Waals surface area contributed by atoms with E-state index in [1.165, 1.54) is 4.40 Å². The summed E-state index contributed by atoms with van der Waals surface area (Å²) in [5, 5.41) is 13.4. The molecule has 3 aromatic rings. The van der Waals surface area contributed by atoms with Gasteiger partial charge in [-0.05, 0) is 37.1 Å². The van der Waals surface area contributed by atoms with Crippen molar-refractivity contribution in [1.29, 1.82) is 0 Å². The number of nitrogens with one attached hydrogen (secondary N) is 2. The Morgan fingerprint density at radius 3 is 2.45 bits per heavy atom. The fourth-order valence-corrected chi connectivity index (χ4v) is 3.49. The van der Waals surface area contributed by atoms with Gasteiger partial charge in [0.05, 0.1) is 16.6 Å². The fraction of sp³-hybridized carbons (Fsp3) is 0.316. The molecule has 31 heavy (non-hydrogen) atoms. The summed E-state index contributed by atoms with van der Waals surface area (Å²) in [6.07, 6.45) is -7.91. The number of hydrogen-bond acceptors (Lipinski definition) is 4. The molecule has 164 valence electrons. The van der Waals surface area contributed by atoms with Crippen LogP contribution < -0.4 is 10.6 Å². The molecule has 1 amide bonds. The zero-order chi connectivity index (χ0) is 22.6. The number of aryl methyl sites for hydroxylation is 1. The molecule has 3 heterocycles. The number of amides is 1. The summed E-state index contributed by atoms with van der Waals surface area (Å²) in [5.74, 6) is -0.112. The summed E-state index contributed by atoms with van der Waals surface area (Å²) in [7, 11) is 0. The first-order valence-corrected chi connectivity index (χ1v) is 9.13. The number of anilines is 1. The van der Waals surface area contributed by atoms with Crippen LogP contribution in [0.4, 0.5) is 32.3 Å². The highest BCUT2D eigenvalue weighted by Crippen LogP contribution is 2.41. The SMILES string of the molecule is Cc1cc2c(-c3ccc(C(F)(F)F)cc3C(F)(F)F)nnc(NC3CCNC3=O)n2c1. The second kappa shape index (κ2) is 7.13. The van der Waals surface area contributed by atoms with Gasteiger partial charge in [0.2, 0.25) is 11.9 Å². The number of carbonyl (C=O) groups is 1. The Morgan fingerprint density at radius 1 is 1.10 bits per heavy atom. The molecule has 2 N–H and O–H groups in total. The Bertz CT molecular complexity index is 1170. The van der Waals surface area contributed by atoms with E-state index in [2.05, 4.69) is 20.8 Å². The van der Waals surface area contributed by atoms with Gasteiger partial charge in [-0.25, -0.2) is 0 Å². The van der Waals surface area contributed by atoms with Crippen molar-refractivity contribution in [3.05, 3.63) is 47.2 Å². The monoisotopic (exact) mass is 443 g/mol. The van der Waals surface area contributed by atoms with Crippen molar-refractivity contribution in [2.45, 2.75) is 31.7 Å². The van der Waals surface area contributed by atoms with E-state index in [4.69, 9.17) is 0 Å². The van der Waals surface area contributed by atoms with E-state index in [0.29, 0.717) is 24.6 Å². The van der Waals surface area contributed by atoms with Gasteiger partial charge in [-0.1, -0.05) is 6.07 Å². The average molecular weight is 443 g/mol. The van der Waals surface area contributed by atoms with Crippen LogP contribution in [0, 0.1) is 6.92 Å². The number of nitrogens with zero attached hydrogens (tertiary/aromatic N) is 3. The maximum atomic E-state index is 13.6. The third kappa shape index (κ3) is 3.89. The summed E-state index contributed by atoms with van der Waals surface area (Å²) in [5.41, 5.74) is -2.76. The van der Waals surface area contributed by atoms with Crippen LogP contribution in [0.1, 0.15) is 23.1 Å². The number of hydrogen-bond donors (Lipinski definition) is 2. The number of carbonyl (C=O) groups excluding carboxylic acids is 1. The lowest BCUT2D eigenvalue weighted by atomic mass is 10.00. The summed E-state index contributed by atoms with van der Waals surface area (Å²) in [6, 6.07) is 2.35. The third-order valence-corrected chi connectivity index (χ3v) is 4.93. The van der Waals surface area contributed by atoms with Crippen LogP contribution in [0.15, 0.2) is 30.5 Å². The Balaban J connectivity index is 1.87. The van der Waals surface area contributed by atoms with Gasteiger partial charge < -0.3 is 10.6 Å². The summed E-state index contributed by atoms with van der Waals surface area (Å²) >= 11 is 0. The van der Waals surface area contributed by atoms with Crippen LogP contribution in [-0.2, 0) is 17.1 Å². The lowest BCUT2D eigenvalue weighted by Crippen LogP contribution is -2.30. The minimum atomic E-state index is -5.05. The Hall–Kier alpha value is -3.31. The molecule has 1 saturated heterocycles. The number of aromatic nitrogens is 3. The first-order chi connectivity index (χ1) is 14.4. The zero-order valence-electron chi connectivity index (χ0n) is 15.9.